The third-order valence-electron chi connectivity index (χ3n) is 2.13. The number of fused-ring (bicyclic) bond motifs is 1. The zero-order chi connectivity index (χ0) is 8.72. The lowest BCUT2D eigenvalue weighted by Gasteiger charge is -2.07. The number of carbonyl (C=O) groups is 3. The van der Waals surface area contributed by atoms with Crippen LogP contribution in [0.15, 0.2) is 23.8 Å². The normalized spacial score (nSPS) is 27.5. The Labute approximate surface area is 68.8 Å². The van der Waals surface area contributed by atoms with E-state index in [4.69, 9.17) is 0 Å². The molecule has 1 atom stereocenters. The number of rotatable bonds is 0. The topological polar surface area (TPSA) is 51.2 Å². The van der Waals surface area contributed by atoms with Gasteiger partial charge in [0.15, 0.2) is 5.78 Å². The van der Waals surface area contributed by atoms with Crippen molar-refractivity contribution >= 4 is 17.3 Å². The summed E-state index contributed by atoms with van der Waals surface area (Å²) in [5.74, 6) is -2.02. The molecule has 0 aromatic rings. The van der Waals surface area contributed by atoms with Crippen molar-refractivity contribution < 1.29 is 14.4 Å². The van der Waals surface area contributed by atoms with Crippen molar-refractivity contribution in [3.05, 3.63) is 23.8 Å². The molecule has 1 unspecified atom stereocenters. The van der Waals surface area contributed by atoms with E-state index in [9.17, 15) is 14.4 Å². The molecule has 1 saturated carbocycles. The highest BCUT2D eigenvalue weighted by molar-refractivity contribution is 6.46. The van der Waals surface area contributed by atoms with Crippen molar-refractivity contribution in [2.24, 2.45) is 5.92 Å². The van der Waals surface area contributed by atoms with E-state index in [1.54, 1.807) is 12.2 Å². The van der Waals surface area contributed by atoms with Crippen LogP contribution in [0, 0.1) is 5.92 Å². The van der Waals surface area contributed by atoms with E-state index in [-0.39, 0.29) is 12.2 Å². The Morgan fingerprint density at radius 3 is 2.67 bits per heavy atom. The van der Waals surface area contributed by atoms with Gasteiger partial charge in [-0.05, 0) is 11.6 Å². The Hall–Kier alpha value is -1.51. The van der Waals surface area contributed by atoms with Crippen LogP contribution in [0.25, 0.3) is 0 Å². The molecule has 0 saturated heterocycles. The first kappa shape index (κ1) is 7.16. The van der Waals surface area contributed by atoms with E-state index in [1.165, 1.54) is 6.08 Å². The largest absolute Gasteiger partial charge is 0.294 e. The van der Waals surface area contributed by atoms with Gasteiger partial charge in [0, 0.05) is 6.42 Å². The molecular weight excluding hydrogens is 156 g/mol. The first-order valence-corrected chi connectivity index (χ1v) is 3.68. The fourth-order valence-corrected chi connectivity index (χ4v) is 1.53. The molecule has 0 bridgehead atoms. The van der Waals surface area contributed by atoms with Gasteiger partial charge in [0.05, 0.1) is 0 Å². The van der Waals surface area contributed by atoms with Gasteiger partial charge < -0.3 is 0 Å². The van der Waals surface area contributed by atoms with Gasteiger partial charge in [-0.25, -0.2) is 0 Å². The van der Waals surface area contributed by atoms with Gasteiger partial charge in [-0.15, -0.1) is 0 Å². The molecular formula is C9H6O3. The molecule has 0 N–H and O–H groups in total. The minimum absolute atomic E-state index is 0.125. The molecule has 0 aliphatic heterocycles. The number of ketones is 3. The second-order valence-corrected chi connectivity index (χ2v) is 2.90. The second kappa shape index (κ2) is 2.24. The van der Waals surface area contributed by atoms with Crippen LogP contribution in [0.4, 0.5) is 0 Å². The van der Waals surface area contributed by atoms with Gasteiger partial charge >= 0.3 is 0 Å². The highest BCUT2D eigenvalue weighted by atomic mass is 16.2. The third kappa shape index (κ3) is 0.794. The molecule has 0 radical (unpaired) electrons. The van der Waals surface area contributed by atoms with Crippen LogP contribution >= 0.6 is 0 Å². The average molecular weight is 162 g/mol. The average Bonchev–Trinajstić information content (AvgIpc) is 2.29. The summed E-state index contributed by atoms with van der Waals surface area (Å²) >= 11 is 0. The van der Waals surface area contributed by atoms with E-state index in [1.807, 2.05) is 0 Å². The van der Waals surface area contributed by atoms with Crippen molar-refractivity contribution in [2.75, 3.05) is 0 Å². The van der Waals surface area contributed by atoms with E-state index < -0.39 is 17.5 Å². The number of Topliss-reactive ketones (excluding diaryl/α,β-unsaturated/α-hetero) is 2. The molecule has 1 fully saturated rings. The van der Waals surface area contributed by atoms with Crippen molar-refractivity contribution in [1.82, 2.24) is 0 Å². The standard InChI is InChI=1S/C9H6O3/c10-6-3-1-2-5-4-7(11)9(12)8(5)6/h1-3,8H,4H2. The summed E-state index contributed by atoms with van der Waals surface area (Å²) in [6, 6.07) is 0. The zero-order valence-corrected chi connectivity index (χ0v) is 6.24. The highest BCUT2D eigenvalue weighted by Gasteiger charge is 2.41. The molecule has 3 nitrogen and oxygen atoms in total. The van der Waals surface area contributed by atoms with Gasteiger partial charge in [0.1, 0.15) is 5.92 Å². The third-order valence-corrected chi connectivity index (χ3v) is 2.13. The molecule has 0 aromatic carbocycles. The van der Waals surface area contributed by atoms with Gasteiger partial charge in [-0.2, -0.15) is 0 Å². The van der Waals surface area contributed by atoms with Crippen molar-refractivity contribution in [2.45, 2.75) is 6.42 Å². The Balaban J connectivity index is 2.47. The van der Waals surface area contributed by atoms with E-state index in [2.05, 4.69) is 0 Å². The Morgan fingerprint density at radius 1 is 1.25 bits per heavy atom. The van der Waals surface area contributed by atoms with Crippen LogP contribution in [0.3, 0.4) is 0 Å². The van der Waals surface area contributed by atoms with E-state index >= 15 is 0 Å². The minimum Gasteiger partial charge on any atom is -0.294 e. The molecule has 12 heavy (non-hydrogen) atoms. The summed E-state index contributed by atoms with van der Waals surface area (Å²) in [7, 11) is 0. The summed E-state index contributed by atoms with van der Waals surface area (Å²) in [5, 5.41) is 0. The maximum atomic E-state index is 11.1. The Kier molecular flexibility index (Phi) is 1.33. The summed E-state index contributed by atoms with van der Waals surface area (Å²) in [6.45, 7) is 0. The molecule has 0 amide bonds. The van der Waals surface area contributed by atoms with Crippen LogP contribution in [0.5, 0.6) is 0 Å². The minimum atomic E-state index is -0.775. The number of allylic oxidation sites excluding steroid dienone is 4. The molecule has 60 valence electrons. The van der Waals surface area contributed by atoms with Gasteiger partial charge in [-0.1, -0.05) is 12.2 Å². The number of hydrogen-bond acceptors (Lipinski definition) is 3. The number of carbonyl (C=O) groups excluding carboxylic acids is 3. The zero-order valence-electron chi connectivity index (χ0n) is 6.24. The second-order valence-electron chi connectivity index (χ2n) is 2.90. The maximum Gasteiger partial charge on any atom is 0.213 e. The molecule has 0 heterocycles. The lowest BCUT2D eigenvalue weighted by atomic mass is 9.93. The summed E-state index contributed by atoms with van der Waals surface area (Å²) in [5.41, 5.74) is 0.650. The van der Waals surface area contributed by atoms with Crippen LogP contribution in [-0.4, -0.2) is 17.3 Å². The predicted octanol–water partition coefficient (Wildman–Crippen LogP) is 0.210. The molecule has 2 aliphatic rings. The maximum absolute atomic E-state index is 11.1. The SMILES string of the molecule is O=C1CC2=CC=CC(=O)C2C1=O. The molecule has 2 aliphatic carbocycles. The lowest BCUT2D eigenvalue weighted by molar-refractivity contribution is -0.137. The molecule has 3 heteroatoms. The first-order chi connectivity index (χ1) is 5.70. The van der Waals surface area contributed by atoms with Gasteiger partial charge in [0.2, 0.25) is 11.6 Å². The van der Waals surface area contributed by atoms with Gasteiger partial charge in [-0.3, -0.25) is 14.4 Å². The predicted molar refractivity (Wildman–Crippen MR) is 40.4 cm³/mol. The quantitative estimate of drug-likeness (QED) is 0.378. The summed E-state index contributed by atoms with van der Waals surface area (Å²) in [4.78, 5) is 33.2. The lowest BCUT2D eigenvalue weighted by Crippen LogP contribution is -2.22. The molecule has 2 rings (SSSR count). The van der Waals surface area contributed by atoms with Crippen LogP contribution in [0.2, 0.25) is 0 Å². The summed E-state index contributed by atoms with van der Waals surface area (Å²) < 4.78 is 0. The van der Waals surface area contributed by atoms with Crippen molar-refractivity contribution in [3.8, 4) is 0 Å². The fraction of sp³-hybridized carbons (Fsp3) is 0.222. The van der Waals surface area contributed by atoms with E-state index in [0.29, 0.717) is 5.57 Å². The summed E-state index contributed by atoms with van der Waals surface area (Å²) in [6.07, 6.45) is 4.72. The highest BCUT2D eigenvalue weighted by Crippen LogP contribution is 2.28. The fourth-order valence-electron chi connectivity index (χ4n) is 1.53. The van der Waals surface area contributed by atoms with E-state index in [0.717, 1.165) is 0 Å². The Morgan fingerprint density at radius 2 is 2.00 bits per heavy atom. The molecule has 0 aromatic heterocycles. The van der Waals surface area contributed by atoms with Crippen LogP contribution in [0.1, 0.15) is 6.42 Å². The van der Waals surface area contributed by atoms with Crippen molar-refractivity contribution in [3.63, 3.8) is 0 Å². The van der Waals surface area contributed by atoms with Crippen LogP contribution < -0.4 is 0 Å². The smallest absolute Gasteiger partial charge is 0.213 e. The Bertz CT molecular complexity index is 347. The first-order valence-electron chi connectivity index (χ1n) is 3.68. The molecule has 0 spiro atoms. The van der Waals surface area contributed by atoms with Gasteiger partial charge in [0.25, 0.3) is 0 Å². The monoisotopic (exact) mass is 162 g/mol. The van der Waals surface area contributed by atoms with Crippen LogP contribution in [-0.2, 0) is 14.4 Å². The number of hydrogen-bond donors (Lipinski definition) is 0. The van der Waals surface area contributed by atoms with Crippen molar-refractivity contribution in [1.29, 1.82) is 0 Å².